The third-order valence-corrected chi connectivity index (χ3v) is 6.54. The molecule has 28 heavy (non-hydrogen) atoms. The summed E-state index contributed by atoms with van der Waals surface area (Å²) in [6.07, 6.45) is 0. The van der Waals surface area contributed by atoms with Crippen LogP contribution in [0.4, 0.5) is 0 Å². The standard InChI is InChI=1S/C20H16ClN3O2S2/c1-13-6-2-3-7-15(13)19-23-18(26-24-19)12-28(25)11-14-10-27-20(22-14)16-8-4-5-9-17(16)21/h2-10H,11-12H2,1H3/t28-/m1/s1. The van der Waals surface area contributed by atoms with Gasteiger partial charge in [-0.25, -0.2) is 4.98 Å². The summed E-state index contributed by atoms with van der Waals surface area (Å²) in [6, 6.07) is 15.4. The van der Waals surface area contributed by atoms with Crippen molar-refractivity contribution in [3.05, 3.63) is 76.1 Å². The van der Waals surface area contributed by atoms with Gasteiger partial charge in [0.15, 0.2) is 0 Å². The van der Waals surface area contributed by atoms with E-state index in [-0.39, 0.29) is 5.75 Å². The summed E-state index contributed by atoms with van der Waals surface area (Å²) >= 11 is 7.71. The van der Waals surface area contributed by atoms with Crippen LogP contribution in [0.15, 0.2) is 58.4 Å². The SMILES string of the molecule is Cc1ccccc1-c1noc(C[S@](=O)Cc2csc(-c3ccccc3Cl)n2)n1. The molecule has 2 heterocycles. The van der Waals surface area contributed by atoms with Crippen molar-refractivity contribution in [1.82, 2.24) is 15.1 Å². The molecule has 0 fully saturated rings. The van der Waals surface area contributed by atoms with Crippen LogP contribution in [0.5, 0.6) is 0 Å². The fourth-order valence-electron chi connectivity index (χ4n) is 2.73. The summed E-state index contributed by atoms with van der Waals surface area (Å²) < 4.78 is 17.8. The maximum absolute atomic E-state index is 12.5. The van der Waals surface area contributed by atoms with Gasteiger partial charge in [-0.2, -0.15) is 4.98 Å². The third kappa shape index (κ3) is 4.22. The Morgan fingerprint density at radius 3 is 2.57 bits per heavy atom. The highest BCUT2D eigenvalue weighted by atomic mass is 35.5. The third-order valence-electron chi connectivity index (χ3n) is 4.10. The number of halogens is 1. The number of hydrogen-bond acceptors (Lipinski definition) is 6. The topological polar surface area (TPSA) is 68.9 Å². The summed E-state index contributed by atoms with van der Waals surface area (Å²) in [4.78, 5) is 8.94. The van der Waals surface area contributed by atoms with Gasteiger partial charge in [-0.05, 0) is 18.6 Å². The molecule has 142 valence electrons. The average Bonchev–Trinajstić information content (AvgIpc) is 3.32. The second-order valence-electron chi connectivity index (χ2n) is 6.18. The van der Waals surface area contributed by atoms with Gasteiger partial charge in [-0.15, -0.1) is 11.3 Å². The largest absolute Gasteiger partial charge is 0.338 e. The minimum atomic E-state index is -1.20. The minimum absolute atomic E-state index is 0.192. The maximum atomic E-state index is 12.5. The van der Waals surface area contributed by atoms with E-state index < -0.39 is 10.8 Å². The molecule has 0 radical (unpaired) electrons. The average molecular weight is 430 g/mol. The van der Waals surface area contributed by atoms with Crippen molar-refractivity contribution in [2.24, 2.45) is 0 Å². The lowest BCUT2D eigenvalue weighted by Crippen LogP contribution is -2.00. The van der Waals surface area contributed by atoms with Gasteiger partial charge in [0.25, 0.3) is 0 Å². The highest BCUT2D eigenvalue weighted by Gasteiger charge is 2.15. The van der Waals surface area contributed by atoms with E-state index in [0.717, 1.165) is 27.4 Å². The molecule has 1 atom stereocenters. The quantitative estimate of drug-likeness (QED) is 0.417. The van der Waals surface area contributed by atoms with Gasteiger partial charge in [0, 0.05) is 27.3 Å². The Bertz CT molecular complexity index is 1050. The van der Waals surface area contributed by atoms with Crippen molar-refractivity contribution >= 4 is 33.7 Å². The van der Waals surface area contributed by atoms with E-state index in [1.165, 1.54) is 11.3 Å². The Labute approximate surface area is 173 Å². The molecule has 5 nitrogen and oxygen atoms in total. The van der Waals surface area contributed by atoms with Crippen molar-refractivity contribution < 1.29 is 8.73 Å². The van der Waals surface area contributed by atoms with Gasteiger partial charge >= 0.3 is 0 Å². The zero-order chi connectivity index (χ0) is 19.5. The minimum Gasteiger partial charge on any atom is -0.338 e. The lowest BCUT2D eigenvalue weighted by atomic mass is 10.1. The number of benzene rings is 2. The molecule has 0 amide bonds. The molecule has 8 heteroatoms. The normalized spacial score (nSPS) is 12.2. The van der Waals surface area contributed by atoms with Crippen molar-refractivity contribution in [2.45, 2.75) is 18.4 Å². The fourth-order valence-corrected chi connectivity index (χ4v) is 4.95. The molecule has 4 aromatic rings. The van der Waals surface area contributed by atoms with Crippen molar-refractivity contribution in [3.63, 3.8) is 0 Å². The molecule has 0 bridgehead atoms. The number of aryl methyl sites for hydroxylation is 1. The first-order valence-corrected chi connectivity index (χ1v) is 11.3. The lowest BCUT2D eigenvalue weighted by molar-refractivity contribution is 0.390. The highest BCUT2D eigenvalue weighted by molar-refractivity contribution is 7.83. The second kappa shape index (κ2) is 8.34. The van der Waals surface area contributed by atoms with Gasteiger partial charge in [0.2, 0.25) is 11.7 Å². The molecule has 0 spiro atoms. The van der Waals surface area contributed by atoms with Crippen LogP contribution in [0.25, 0.3) is 22.0 Å². The molecule has 4 rings (SSSR count). The van der Waals surface area contributed by atoms with Gasteiger partial charge in [-0.3, -0.25) is 4.21 Å². The second-order valence-corrected chi connectivity index (χ2v) is 8.90. The van der Waals surface area contributed by atoms with Gasteiger partial charge in [0.05, 0.1) is 16.5 Å². The van der Waals surface area contributed by atoms with E-state index in [9.17, 15) is 4.21 Å². The molecule has 0 aliphatic carbocycles. The molecule has 2 aromatic heterocycles. The summed E-state index contributed by atoms with van der Waals surface area (Å²) in [6.45, 7) is 1.99. The number of hydrogen-bond donors (Lipinski definition) is 0. The number of thiazole rings is 1. The van der Waals surface area contributed by atoms with Crippen LogP contribution in [-0.4, -0.2) is 19.3 Å². The van der Waals surface area contributed by atoms with Crippen LogP contribution in [0.2, 0.25) is 5.02 Å². The van der Waals surface area contributed by atoms with E-state index in [1.54, 1.807) is 0 Å². The molecule has 0 unspecified atom stereocenters. The zero-order valence-corrected chi connectivity index (χ0v) is 17.4. The Hall–Kier alpha value is -2.35. The molecule has 2 aromatic carbocycles. The molecule has 0 aliphatic rings. The Morgan fingerprint density at radius 1 is 1.04 bits per heavy atom. The monoisotopic (exact) mass is 429 g/mol. The number of rotatable bonds is 6. The van der Waals surface area contributed by atoms with Crippen LogP contribution in [0.3, 0.4) is 0 Å². The van der Waals surface area contributed by atoms with Gasteiger partial charge in [-0.1, -0.05) is 59.2 Å². The lowest BCUT2D eigenvalue weighted by Gasteiger charge is -1.99. The first-order chi connectivity index (χ1) is 13.6. The van der Waals surface area contributed by atoms with Crippen molar-refractivity contribution in [1.29, 1.82) is 0 Å². The van der Waals surface area contributed by atoms with Crippen LogP contribution in [0, 0.1) is 6.92 Å². The molecule has 0 saturated carbocycles. The molecular weight excluding hydrogens is 414 g/mol. The van der Waals surface area contributed by atoms with E-state index in [1.807, 2.05) is 60.8 Å². The summed E-state index contributed by atoms with van der Waals surface area (Å²) in [7, 11) is -1.20. The van der Waals surface area contributed by atoms with Gasteiger partial charge in [0.1, 0.15) is 10.8 Å². The summed E-state index contributed by atoms with van der Waals surface area (Å²) in [5, 5.41) is 7.39. The molecule has 0 saturated heterocycles. The number of aromatic nitrogens is 3. The molecular formula is C20H16ClN3O2S2. The Kier molecular flexibility index (Phi) is 5.66. The van der Waals surface area contributed by atoms with Crippen LogP contribution in [0.1, 0.15) is 17.1 Å². The van der Waals surface area contributed by atoms with E-state index in [2.05, 4.69) is 15.1 Å². The zero-order valence-electron chi connectivity index (χ0n) is 15.0. The van der Waals surface area contributed by atoms with Crippen molar-refractivity contribution in [2.75, 3.05) is 0 Å². The van der Waals surface area contributed by atoms with Gasteiger partial charge < -0.3 is 4.52 Å². The van der Waals surface area contributed by atoms with Crippen molar-refractivity contribution in [3.8, 4) is 22.0 Å². The Morgan fingerprint density at radius 2 is 1.79 bits per heavy atom. The van der Waals surface area contributed by atoms with Crippen LogP contribution < -0.4 is 0 Å². The van der Waals surface area contributed by atoms with E-state index >= 15 is 0 Å². The van der Waals surface area contributed by atoms with E-state index in [0.29, 0.717) is 22.5 Å². The summed E-state index contributed by atoms with van der Waals surface area (Å²) in [5.41, 5.74) is 3.61. The maximum Gasteiger partial charge on any atom is 0.239 e. The predicted molar refractivity (Wildman–Crippen MR) is 113 cm³/mol. The number of nitrogens with zero attached hydrogens (tertiary/aromatic N) is 3. The first kappa shape index (κ1) is 19.0. The van der Waals surface area contributed by atoms with Crippen LogP contribution >= 0.6 is 22.9 Å². The smallest absolute Gasteiger partial charge is 0.239 e. The highest BCUT2D eigenvalue weighted by Crippen LogP contribution is 2.30. The van der Waals surface area contributed by atoms with E-state index in [4.69, 9.17) is 16.1 Å². The molecule has 0 N–H and O–H groups in total. The molecule has 0 aliphatic heterocycles. The van der Waals surface area contributed by atoms with Crippen LogP contribution in [-0.2, 0) is 22.3 Å². The summed E-state index contributed by atoms with van der Waals surface area (Å²) in [5.74, 6) is 1.39. The first-order valence-electron chi connectivity index (χ1n) is 8.53. The Balaban J connectivity index is 1.43. The fraction of sp³-hybridized carbons (Fsp3) is 0.150. The predicted octanol–water partition coefficient (Wildman–Crippen LogP) is 5.27.